The minimum Gasteiger partial charge on any atom is -0.0885 e. The zero-order chi connectivity index (χ0) is 17.6. The molecule has 0 radical (unpaired) electrons. The Bertz CT molecular complexity index is 228. The van der Waals surface area contributed by atoms with Gasteiger partial charge in [-0.05, 0) is 25.7 Å². The van der Waals surface area contributed by atoms with Crippen molar-refractivity contribution >= 4 is 0 Å². The van der Waals surface area contributed by atoms with Crippen LogP contribution in [0.2, 0.25) is 0 Å². The van der Waals surface area contributed by atoms with Crippen molar-refractivity contribution in [3.05, 3.63) is 12.2 Å². The lowest BCUT2D eigenvalue weighted by Gasteiger charge is -2.02. The van der Waals surface area contributed by atoms with Crippen LogP contribution in [-0.2, 0) is 0 Å². The van der Waals surface area contributed by atoms with Crippen LogP contribution in [0, 0.1) is 0 Å². The number of unbranched alkanes of at least 4 members (excludes halogenated alkanes) is 18. The summed E-state index contributed by atoms with van der Waals surface area (Å²) in [6.45, 7) is 4.58. The highest BCUT2D eigenvalue weighted by Gasteiger charge is 1.93. The second-order valence-electron chi connectivity index (χ2n) is 7.71. The molecule has 0 aromatic rings. The molecule has 0 aromatic heterocycles. The molecule has 144 valence electrons. The highest BCUT2D eigenvalue weighted by molar-refractivity contribution is 4.81. The highest BCUT2D eigenvalue weighted by Crippen LogP contribution is 2.13. The molecule has 0 heteroatoms. The molecule has 0 nitrogen and oxygen atoms in total. The molecule has 0 aromatic carbocycles. The van der Waals surface area contributed by atoms with Crippen LogP contribution < -0.4 is 0 Å². The Morgan fingerprint density at radius 2 is 0.583 bits per heavy atom. The van der Waals surface area contributed by atoms with Crippen molar-refractivity contribution in [2.45, 2.75) is 142 Å². The average Bonchev–Trinajstić information content (AvgIpc) is 2.60. The van der Waals surface area contributed by atoms with E-state index in [1.165, 1.54) is 128 Å². The van der Waals surface area contributed by atoms with Gasteiger partial charge in [-0.3, -0.25) is 0 Å². The molecule has 0 saturated heterocycles. The first-order chi connectivity index (χ1) is 11.9. The van der Waals surface area contributed by atoms with Gasteiger partial charge in [-0.25, -0.2) is 0 Å². The van der Waals surface area contributed by atoms with Gasteiger partial charge in [-0.2, -0.15) is 0 Å². The Morgan fingerprint density at radius 3 is 0.917 bits per heavy atom. The Labute approximate surface area is 154 Å². The number of rotatable bonds is 20. The van der Waals surface area contributed by atoms with Gasteiger partial charge in [0, 0.05) is 0 Å². The van der Waals surface area contributed by atoms with E-state index >= 15 is 0 Å². The summed E-state index contributed by atoms with van der Waals surface area (Å²) in [5.41, 5.74) is 0. The molecule has 0 heterocycles. The molecule has 0 atom stereocenters. The maximum absolute atomic E-state index is 2.42. The first kappa shape index (κ1) is 23.7. The van der Waals surface area contributed by atoms with Crippen molar-refractivity contribution in [3.8, 4) is 0 Å². The minimum atomic E-state index is 1.30. The predicted molar refractivity (Wildman–Crippen MR) is 113 cm³/mol. The molecular formula is C24H48. The molecule has 0 unspecified atom stereocenters. The Morgan fingerprint density at radius 1 is 0.333 bits per heavy atom. The van der Waals surface area contributed by atoms with Crippen LogP contribution in [0.25, 0.3) is 0 Å². The van der Waals surface area contributed by atoms with Gasteiger partial charge in [0.15, 0.2) is 0 Å². The van der Waals surface area contributed by atoms with Crippen LogP contribution in [-0.4, -0.2) is 0 Å². The lowest BCUT2D eigenvalue weighted by molar-refractivity contribution is 0.536. The van der Waals surface area contributed by atoms with Gasteiger partial charge in [0.05, 0.1) is 0 Å². The van der Waals surface area contributed by atoms with E-state index < -0.39 is 0 Å². The topological polar surface area (TPSA) is 0 Å². The molecule has 0 fully saturated rings. The Hall–Kier alpha value is -0.260. The standard InChI is InChI=1S/C24H48/c1-3-5-7-9-11-13-15-17-19-21-23-24-22-20-18-16-14-12-10-8-6-4-2/h13,15H,3-12,14,16-24H2,1-2H3/b15-13+. The smallest absolute Gasteiger partial charge is 0.0351 e. The van der Waals surface area contributed by atoms with E-state index in [0.29, 0.717) is 0 Å². The SMILES string of the molecule is CCCCCC/C=C/CCCCCCCCCCCCCCCC. The summed E-state index contributed by atoms with van der Waals surface area (Å²) >= 11 is 0. The first-order valence-corrected chi connectivity index (χ1v) is 11.6. The zero-order valence-corrected chi connectivity index (χ0v) is 17.3. The van der Waals surface area contributed by atoms with Crippen molar-refractivity contribution < 1.29 is 0 Å². The molecular weight excluding hydrogens is 288 g/mol. The largest absolute Gasteiger partial charge is 0.0885 e. The summed E-state index contributed by atoms with van der Waals surface area (Å²) in [4.78, 5) is 0. The molecule has 24 heavy (non-hydrogen) atoms. The van der Waals surface area contributed by atoms with E-state index in [4.69, 9.17) is 0 Å². The lowest BCUT2D eigenvalue weighted by atomic mass is 10.0. The summed E-state index contributed by atoms with van der Waals surface area (Å²) in [6, 6.07) is 0. The number of hydrogen-bond acceptors (Lipinski definition) is 0. The minimum absolute atomic E-state index is 1.30. The molecule has 0 rings (SSSR count). The second kappa shape index (κ2) is 22.7. The summed E-state index contributed by atoms with van der Waals surface area (Å²) < 4.78 is 0. The maximum atomic E-state index is 2.42. The van der Waals surface area contributed by atoms with Crippen molar-refractivity contribution in [2.24, 2.45) is 0 Å². The van der Waals surface area contributed by atoms with Gasteiger partial charge >= 0.3 is 0 Å². The summed E-state index contributed by atoms with van der Waals surface area (Å²) in [5, 5.41) is 0. The third-order valence-corrected chi connectivity index (χ3v) is 5.12. The third-order valence-electron chi connectivity index (χ3n) is 5.12. The fourth-order valence-electron chi connectivity index (χ4n) is 3.38. The van der Waals surface area contributed by atoms with Crippen molar-refractivity contribution in [2.75, 3.05) is 0 Å². The van der Waals surface area contributed by atoms with Crippen LogP contribution >= 0.6 is 0 Å². The fourth-order valence-corrected chi connectivity index (χ4v) is 3.38. The molecule has 0 bridgehead atoms. The van der Waals surface area contributed by atoms with Gasteiger partial charge in [-0.15, -0.1) is 0 Å². The zero-order valence-electron chi connectivity index (χ0n) is 17.3. The van der Waals surface area contributed by atoms with Crippen LogP contribution in [0.15, 0.2) is 12.2 Å². The average molecular weight is 337 g/mol. The summed E-state index contributed by atoms with van der Waals surface area (Å²) in [5.74, 6) is 0. The van der Waals surface area contributed by atoms with Crippen molar-refractivity contribution in [3.63, 3.8) is 0 Å². The van der Waals surface area contributed by atoms with Gasteiger partial charge < -0.3 is 0 Å². The van der Waals surface area contributed by atoms with E-state index in [1.54, 1.807) is 0 Å². The predicted octanol–water partition coefficient (Wildman–Crippen LogP) is 9.38. The van der Waals surface area contributed by atoms with Gasteiger partial charge in [0.1, 0.15) is 0 Å². The molecule has 0 aliphatic carbocycles. The maximum Gasteiger partial charge on any atom is -0.0351 e. The quantitative estimate of drug-likeness (QED) is 0.153. The molecule has 0 amide bonds. The second-order valence-corrected chi connectivity index (χ2v) is 7.71. The number of hydrogen-bond donors (Lipinski definition) is 0. The Balaban J connectivity index is 3.01. The van der Waals surface area contributed by atoms with Gasteiger partial charge in [0.2, 0.25) is 0 Å². The fraction of sp³-hybridized carbons (Fsp3) is 0.917. The molecule has 0 N–H and O–H groups in total. The molecule has 0 saturated carbocycles. The van der Waals surface area contributed by atoms with Crippen molar-refractivity contribution in [1.82, 2.24) is 0 Å². The molecule has 0 spiro atoms. The molecule has 0 aliphatic rings. The van der Waals surface area contributed by atoms with E-state index in [2.05, 4.69) is 26.0 Å². The van der Waals surface area contributed by atoms with E-state index in [0.717, 1.165) is 0 Å². The lowest BCUT2D eigenvalue weighted by Crippen LogP contribution is -1.83. The third kappa shape index (κ3) is 21.7. The normalized spacial score (nSPS) is 11.6. The van der Waals surface area contributed by atoms with Crippen LogP contribution in [0.3, 0.4) is 0 Å². The summed E-state index contributed by atoms with van der Waals surface area (Å²) in [6.07, 6.45) is 33.4. The van der Waals surface area contributed by atoms with Crippen molar-refractivity contribution in [1.29, 1.82) is 0 Å². The summed E-state index contributed by atoms with van der Waals surface area (Å²) in [7, 11) is 0. The highest BCUT2D eigenvalue weighted by atomic mass is 14.0. The van der Waals surface area contributed by atoms with E-state index in [-0.39, 0.29) is 0 Å². The molecule has 0 aliphatic heterocycles. The Kier molecular flexibility index (Phi) is 22.5. The van der Waals surface area contributed by atoms with Gasteiger partial charge in [-0.1, -0.05) is 129 Å². The van der Waals surface area contributed by atoms with Crippen LogP contribution in [0.5, 0.6) is 0 Å². The monoisotopic (exact) mass is 336 g/mol. The first-order valence-electron chi connectivity index (χ1n) is 11.6. The van der Waals surface area contributed by atoms with E-state index in [1.807, 2.05) is 0 Å². The van der Waals surface area contributed by atoms with Crippen LogP contribution in [0.1, 0.15) is 142 Å². The number of allylic oxidation sites excluding steroid dienone is 2. The van der Waals surface area contributed by atoms with Crippen LogP contribution in [0.4, 0.5) is 0 Å². The van der Waals surface area contributed by atoms with E-state index in [9.17, 15) is 0 Å². The van der Waals surface area contributed by atoms with Gasteiger partial charge in [0.25, 0.3) is 0 Å².